The topological polar surface area (TPSA) is 349 Å². The number of aromatic nitrogens is 3. The normalized spacial score (nSPS) is 14.9. The number of carbonyl (C=O) groups is 2. The number of sulfonamides is 1. The van der Waals surface area contributed by atoms with Crippen molar-refractivity contribution >= 4 is 91.8 Å². The summed E-state index contributed by atoms with van der Waals surface area (Å²) >= 11 is 0. The summed E-state index contributed by atoms with van der Waals surface area (Å²) in [5.41, 5.74) is 9.11. The molecule has 2 amide bonds. The molecule has 0 bridgehead atoms. The van der Waals surface area contributed by atoms with Crippen molar-refractivity contribution in [3.05, 3.63) is 150 Å². The average molecular weight is 1390 g/mol. The number of allylic oxidation sites excluding steroid dienone is 6. The van der Waals surface area contributed by atoms with Gasteiger partial charge in [-0.2, -0.15) is 8.88 Å². The maximum atomic E-state index is 13.9. The van der Waals surface area contributed by atoms with Gasteiger partial charge in [0.25, 0.3) is 5.91 Å². The van der Waals surface area contributed by atoms with Crippen molar-refractivity contribution in [3.63, 3.8) is 0 Å². The lowest BCUT2D eigenvalue weighted by atomic mass is 9.79. The number of ether oxygens (including phenoxy) is 4. The minimum atomic E-state index is -4.69. The zero-order chi connectivity index (χ0) is 69.8. The molecule has 3 N–H and O–H groups in total. The number of rotatable bonds is 31. The third-order valence-electron chi connectivity index (χ3n) is 16.2. The Morgan fingerprint density at radius 2 is 1.41 bits per heavy atom. The summed E-state index contributed by atoms with van der Waals surface area (Å²) in [7, 11) is -13.7. The fourth-order valence-electron chi connectivity index (χ4n) is 11.9. The second-order valence-corrected chi connectivity index (χ2v) is 27.6. The van der Waals surface area contributed by atoms with Crippen molar-refractivity contribution in [1.82, 2.24) is 30.1 Å². The number of aryl methyl sites for hydroxylation is 1. The van der Waals surface area contributed by atoms with Crippen LogP contribution in [0.1, 0.15) is 96.5 Å². The Morgan fingerprint density at radius 3 is 2.04 bits per heavy atom. The Bertz CT molecular complexity index is 4270. The molecule has 1 aromatic heterocycles. The zero-order valence-corrected chi connectivity index (χ0v) is 57.8. The molecule has 26 nitrogen and oxygen atoms in total. The molecule has 0 unspecified atom stereocenters. The highest BCUT2D eigenvalue weighted by Gasteiger charge is 2.46. The quantitative estimate of drug-likeness (QED) is 0.00972. The predicted octanol–water partition coefficient (Wildman–Crippen LogP) is 7.14. The number of nitrogens with zero attached hydrogens (tertiary/aromatic N) is 6. The van der Waals surface area contributed by atoms with Gasteiger partial charge in [0.15, 0.2) is 5.71 Å². The third-order valence-corrected chi connectivity index (χ3v) is 18.9. The van der Waals surface area contributed by atoms with Crippen molar-refractivity contribution in [2.45, 2.75) is 121 Å². The highest BCUT2D eigenvalue weighted by atomic mass is 32.2. The zero-order valence-electron chi connectivity index (χ0n) is 54.5. The standard InChI is InChI=1S/C65H82N8O12S2.2O3S/c1-10-71-55-32-30-52-46(4)18-17-19-53(52)60(55)64(5,6)57(71)20-13-11-14-21-58-65(7,8)61-54-42-51(87(79,80)81)27-23-47(54)24-31-56(61)72(58)34-16-12-15-22-59(74)66-33-36-83-38-40-85-41-39-84-37-35-70-43-48(67-69-70)44-73(62(45(2)3)63(75)68-76)86(77,78)50-28-25-49(82-9)26-29-50;2*1-4(2)3/h11,13-14,17-21,23-32,42-43,45,62H,10,12,15-16,22,33-41,44H2,1-9H3,(H3-,66,67,68,69,74,75,76,79,80,81);;/t62-;;/m1../s1. The molecule has 0 radical (unpaired) electrons. The Labute approximate surface area is 557 Å². The molecule has 0 saturated carbocycles. The van der Waals surface area contributed by atoms with Crippen molar-refractivity contribution < 1.29 is 85.0 Å². The van der Waals surface area contributed by atoms with Gasteiger partial charge in [-0.15, -0.1) is 30.4 Å². The lowest BCUT2D eigenvalue weighted by Gasteiger charge is -2.31. The monoisotopic (exact) mass is 1390 g/mol. The van der Waals surface area contributed by atoms with E-state index >= 15 is 0 Å². The number of carbonyl (C=O) groups excluding carboxylic acids is 2. The Hall–Kier alpha value is -7.91. The van der Waals surface area contributed by atoms with Crippen LogP contribution in [0.5, 0.6) is 5.75 Å². The number of benzene rings is 5. The van der Waals surface area contributed by atoms with Crippen LogP contribution in [0.25, 0.3) is 21.5 Å². The summed E-state index contributed by atoms with van der Waals surface area (Å²) in [4.78, 5) is 27.7. The summed E-state index contributed by atoms with van der Waals surface area (Å²) < 4.78 is 142. The summed E-state index contributed by atoms with van der Waals surface area (Å²) in [6.45, 7) is 20.3. The van der Waals surface area contributed by atoms with E-state index in [4.69, 9.17) is 44.2 Å². The second-order valence-electron chi connectivity index (χ2n) is 23.5. The van der Waals surface area contributed by atoms with Crippen LogP contribution in [0.15, 0.2) is 137 Å². The van der Waals surface area contributed by atoms with Crippen molar-refractivity contribution in [2.75, 3.05) is 71.3 Å². The van der Waals surface area contributed by atoms with Gasteiger partial charge in [0.2, 0.25) is 21.6 Å². The molecular weight excluding hydrogens is 1310 g/mol. The minimum Gasteiger partial charge on any atom is -0.744 e. The van der Waals surface area contributed by atoms with Gasteiger partial charge >= 0.3 is 21.2 Å². The first-order chi connectivity index (χ1) is 45.0. The first kappa shape index (κ1) is 76.1. The number of methoxy groups -OCH3 is 1. The van der Waals surface area contributed by atoms with Crippen LogP contribution in [-0.4, -0.2) is 166 Å². The molecular formula is C65H82N8O18S4. The predicted molar refractivity (Wildman–Crippen MR) is 353 cm³/mol. The maximum Gasteiger partial charge on any atom is 0.425 e. The molecule has 0 spiro atoms. The van der Waals surface area contributed by atoms with E-state index in [-0.39, 0.29) is 40.0 Å². The first-order valence-corrected chi connectivity index (χ1v) is 35.4. The van der Waals surface area contributed by atoms with Gasteiger partial charge in [0.1, 0.15) is 28.5 Å². The van der Waals surface area contributed by atoms with E-state index in [1.807, 2.05) is 6.07 Å². The van der Waals surface area contributed by atoms with Crippen LogP contribution in [0.2, 0.25) is 0 Å². The van der Waals surface area contributed by atoms with Crippen molar-refractivity contribution in [3.8, 4) is 5.75 Å². The highest BCUT2D eigenvalue weighted by Crippen LogP contribution is 2.51. The van der Waals surface area contributed by atoms with Crippen LogP contribution in [0.4, 0.5) is 11.4 Å². The maximum absolute atomic E-state index is 13.9. The molecule has 3 heterocycles. The molecule has 0 saturated heterocycles. The molecule has 0 fully saturated rings. The van der Waals surface area contributed by atoms with Crippen molar-refractivity contribution in [2.24, 2.45) is 5.92 Å². The smallest absolute Gasteiger partial charge is 0.425 e. The Morgan fingerprint density at radius 1 is 0.768 bits per heavy atom. The Balaban J connectivity index is 0.00000169. The summed E-state index contributed by atoms with van der Waals surface area (Å²) in [5.74, 6) is -0.990. The number of unbranched alkanes of at least 4 members (excludes halogenated alkanes) is 2. The number of hydrogen-bond acceptors (Lipinski definition) is 21. The van der Waals surface area contributed by atoms with E-state index in [0.29, 0.717) is 71.3 Å². The molecule has 514 valence electrons. The SMILES string of the molecule is CCN1\C(=C/C=C/C=C/C2=[N+](CCCCCC(=O)NCCOCCOCCOCCn3cc(CN([C@@H](C(=O)NO)C(C)C)S(=O)(=O)c4ccc(OC)cc4)nn3)c3ccc4ccc(S(=O)(=O)[O-])cc4c3C2(C)C)C(C)(C)c2c1ccc1c(C)cccc21.O=S(=O)=O.O=S(=O)=O. The number of amides is 2. The van der Waals surface area contributed by atoms with Gasteiger partial charge in [-0.1, -0.05) is 81.5 Å². The number of hydroxylamine groups is 1. The van der Waals surface area contributed by atoms with Gasteiger partial charge in [0, 0.05) is 66.6 Å². The van der Waals surface area contributed by atoms with Gasteiger partial charge in [-0.25, -0.2) is 27.0 Å². The number of fused-ring (bicyclic) bond motifs is 6. The number of hydrogen-bond donors (Lipinski definition) is 3. The molecule has 95 heavy (non-hydrogen) atoms. The molecule has 2 aliphatic rings. The van der Waals surface area contributed by atoms with Crippen molar-refractivity contribution in [1.29, 1.82) is 0 Å². The summed E-state index contributed by atoms with van der Waals surface area (Å²) in [5, 5.41) is 24.8. The Kier molecular flexibility index (Phi) is 27.8. The van der Waals surface area contributed by atoms with E-state index in [9.17, 15) is 36.2 Å². The minimum absolute atomic E-state index is 0.0591. The van der Waals surface area contributed by atoms with Crippen LogP contribution in [-0.2, 0) is 89.1 Å². The largest absolute Gasteiger partial charge is 0.744 e. The number of anilines is 1. The number of likely N-dealkylation sites (N-methyl/N-ethyl adjacent to an activating group) is 1. The molecule has 30 heteroatoms. The molecule has 5 aromatic carbocycles. The van der Waals surface area contributed by atoms with E-state index in [1.165, 1.54) is 81.5 Å². The van der Waals surface area contributed by atoms with Crippen LogP contribution >= 0.6 is 0 Å². The summed E-state index contributed by atoms with van der Waals surface area (Å²) in [6.07, 6.45) is 14.8. The second kappa shape index (κ2) is 34.7. The van der Waals surface area contributed by atoms with E-state index in [0.717, 1.165) is 51.4 Å². The van der Waals surface area contributed by atoms with Crippen LogP contribution in [0.3, 0.4) is 0 Å². The third kappa shape index (κ3) is 19.9. The fraction of sp³-hybridized carbons (Fsp3) is 0.431. The van der Waals surface area contributed by atoms with E-state index in [1.54, 1.807) is 31.6 Å². The van der Waals surface area contributed by atoms with Crippen LogP contribution < -0.4 is 20.4 Å². The first-order valence-electron chi connectivity index (χ1n) is 30.6. The molecule has 8 rings (SSSR count). The van der Waals surface area contributed by atoms with Crippen LogP contribution in [0, 0.1) is 12.8 Å². The molecule has 0 aliphatic carbocycles. The molecule has 6 aromatic rings. The van der Waals surface area contributed by atoms with E-state index in [2.05, 4.69) is 133 Å². The summed E-state index contributed by atoms with van der Waals surface area (Å²) in [6, 6.07) is 24.2. The number of nitrogens with one attached hydrogen (secondary N) is 2. The van der Waals surface area contributed by atoms with E-state index < -0.39 is 64.6 Å². The highest BCUT2D eigenvalue weighted by molar-refractivity contribution is 7.89. The van der Waals surface area contributed by atoms with Gasteiger partial charge in [-0.3, -0.25) is 14.8 Å². The van der Waals surface area contributed by atoms with Gasteiger partial charge in [0.05, 0.1) is 80.7 Å². The fourth-order valence-corrected chi connectivity index (χ4v) is 14.1. The molecule has 1 atom stereocenters. The average Bonchev–Trinajstić information content (AvgIpc) is 1.59. The van der Waals surface area contributed by atoms with Gasteiger partial charge in [-0.05, 0) is 134 Å². The molecule has 2 aliphatic heterocycles. The lowest BCUT2D eigenvalue weighted by molar-refractivity contribution is -0.438. The van der Waals surface area contributed by atoms with Gasteiger partial charge < -0.3 is 33.7 Å². The lowest BCUT2D eigenvalue weighted by Crippen LogP contribution is -2.51.